The number of hydrogen-bond acceptors (Lipinski definition) is 3. The fraction of sp³-hybridized carbons (Fsp3) is 0.538. The molecular formula is C13H20ClNOS. The first-order valence-electron chi connectivity index (χ1n) is 5.88. The molecule has 1 unspecified atom stereocenters. The molecule has 0 aliphatic rings. The third-order valence-electron chi connectivity index (χ3n) is 2.29. The molecule has 1 aromatic rings. The van der Waals surface area contributed by atoms with Gasteiger partial charge in [-0.2, -0.15) is 11.8 Å². The lowest BCUT2D eigenvalue weighted by atomic mass is 10.1. The standard InChI is InChI=1S/C13H20ClNOS/c1-3-17-8-7-16-13-6-4-5-12(14)11(13)9-10(2)15/h4-6,10H,3,7-9,15H2,1-2H3. The molecular weight excluding hydrogens is 254 g/mol. The minimum absolute atomic E-state index is 0.0854. The minimum Gasteiger partial charge on any atom is -0.492 e. The zero-order valence-corrected chi connectivity index (χ0v) is 12.0. The Bertz CT molecular complexity index is 344. The zero-order valence-electron chi connectivity index (χ0n) is 10.4. The maximum atomic E-state index is 6.17. The molecule has 96 valence electrons. The van der Waals surface area contributed by atoms with Crippen LogP contribution in [0, 0.1) is 0 Å². The molecule has 0 radical (unpaired) electrons. The van der Waals surface area contributed by atoms with Crippen molar-refractivity contribution in [3.63, 3.8) is 0 Å². The summed E-state index contributed by atoms with van der Waals surface area (Å²) >= 11 is 8.04. The highest BCUT2D eigenvalue weighted by Gasteiger charge is 2.10. The van der Waals surface area contributed by atoms with Crippen LogP contribution in [0.1, 0.15) is 19.4 Å². The van der Waals surface area contributed by atoms with Crippen LogP contribution >= 0.6 is 23.4 Å². The highest BCUT2D eigenvalue weighted by Crippen LogP contribution is 2.27. The summed E-state index contributed by atoms with van der Waals surface area (Å²) in [6, 6.07) is 5.84. The molecule has 0 fully saturated rings. The molecule has 2 nitrogen and oxygen atoms in total. The minimum atomic E-state index is 0.0854. The molecule has 1 atom stereocenters. The highest BCUT2D eigenvalue weighted by atomic mass is 35.5. The second kappa shape index (κ2) is 7.85. The summed E-state index contributed by atoms with van der Waals surface area (Å²) in [5.41, 5.74) is 6.84. The molecule has 0 spiro atoms. The molecule has 0 amide bonds. The second-order valence-electron chi connectivity index (χ2n) is 3.94. The molecule has 0 heterocycles. The number of nitrogens with two attached hydrogens (primary N) is 1. The monoisotopic (exact) mass is 273 g/mol. The Hall–Kier alpha value is -0.380. The third-order valence-corrected chi connectivity index (χ3v) is 3.51. The fourth-order valence-electron chi connectivity index (χ4n) is 1.55. The van der Waals surface area contributed by atoms with Gasteiger partial charge in [0.2, 0.25) is 0 Å². The van der Waals surface area contributed by atoms with E-state index in [2.05, 4.69) is 6.92 Å². The van der Waals surface area contributed by atoms with E-state index in [0.29, 0.717) is 6.61 Å². The van der Waals surface area contributed by atoms with E-state index in [1.807, 2.05) is 36.9 Å². The van der Waals surface area contributed by atoms with Crippen molar-refractivity contribution in [3.05, 3.63) is 28.8 Å². The van der Waals surface area contributed by atoms with Crippen LogP contribution in [0.5, 0.6) is 5.75 Å². The summed E-state index contributed by atoms with van der Waals surface area (Å²) in [6.07, 6.45) is 0.746. The predicted molar refractivity (Wildman–Crippen MR) is 77.3 cm³/mol. The van der Waals surface area contributed by atoms with E-state index in [0.717, 1.165) is 34.3 Å². The number of thioether (sulfide) groups is 1. The first-order valence-corrected chi connectivity index (χ1v) is 7.42. The van der Waals surface area contributed by atoms with E-state index in [-0.39, 0.29) is 6.04 Å². The van der Waals surface area contributed by atoms with Crippen LogP contribution in [0.2, 0.25) is 5.02 Å². The molecule has 1 rings (SSSR count). The Morgan fingerprint density at radius 2 is 2.24 bits per heavy atom. The largest absolute Gasteiger partial charge is 0.492 e. The van der Waals surface area contributed by atoms with E-state index in [1.54, 1.807) is 0 Å². The van der Waals surface area contributed by atoms with Crippen LogP contribution in [0.15, 0.2) is 18.2 Å². The van der Waals surface area contributed by atoms with Gasteiger partial charge >= 0.3 is 0 Å². The maximum Gasteiger partial charge on any atom is 0.124 e. The van der Waals surface area contributed by atoms with Gasteiger partial charge in [-0.3, -0.25) is 0 Å². The first kappa shape index (κ1) is 14.7. The van der Waals surface area contributed by atoms with Crippen LogP contribution in [0.3, 0.4) is 0 Å². The van der Waals surface area contributed by atoms with Crippen molar-refractivity contribution in [1.82, 2.24) is 0 Å². The second-order valence-corrected chi connectivity index (χ2v) is 5.74. The van der Waals surface area contributed by atoms with Gasteiger partial charge in [-0.15, -0.1) is 0 Å². The smallest absolute Gasteiger partial charge is 0.124 e. The van der Waals surface area contributed by atoms with Gasteiger partial charge in [0, 0.05) is 22.4 Å². The molecule has 0 saturated heterocycles. The van der Waals surface area contributed by atoms with Crippen LogP contribution in [-0.2, 0) is 6.42 Å². The van der Waals surface area contributed by atoms with Gasteiger partial charge in [-0.25, -0.2) is 0 Å². The lowest BCUT2D eigenvalue weighted by molar-refractivity contribution is 0.339. The first-order chi connectivity index (χ1) is 8.15. The van der Waals surface area contributed by atoms with Gasteiger partial charge in [-0.1, -0.05) is 24.6 Å². The topological polar surface area (TPSA) is 35.2 Å². The van der Waals surface area contributed by atoms with Gasteiger partial charge in [0.05, 0.1) is 6.61 Å². The Labute approximate surface area is 113 Å². The van der Waals surface area contributed by atoms with Crippen molar-refractivity contribution in [3.8, 4) is 5.75 Å². The van der Waals surface area contributed by atoms with E-state index in [4.69, 9.17) is 22.1 Å². The van der Waals surface area contributed by atoms with Crippen molar-refractivity contribution in [1.29, 1.82) is 0 Å². The van der Waals surface area contributed by atoms with Crippen LogP contribution < -0.4 is 10.5 Å². The Morgan fingerprint density at radius 1 is 1.47 bits per heavy atom. The zero-order chi connectivity index (χ0) is 12.7. The lowest BCUT2D eigenvalue weighted by Crippen LogP contribution is -2.18. The average molecular weight is 274 g/mol. The molecule has 4 heteroatoms. The van der Waals surface area contributed by atoms with Crippen molar-refractivity contribution in [2.75, 3.05) is 18.1 Å². The molecule has 0 aliphatic carbocycles. The van der Waals surface area contributed by atoms with E-state index < -0.39 is 0 Å². The fourth-order valence-corrected chi connectivity index (χ4v) is 2.28. The van der Waals surface area contributed by atoms with Gasteiger partial charge in [0.25, 0.3) is 0 Å². The average Bonchev–Trinajstić information content (AvgIpc) is 2.28. The summed E-state index contributed by atoms with van der Waals surface area (Å²) in [7, 11) is 0. The molecule has 0 aliphatic heterocycles. The SMILES string of the molecule is CCSCCOc1cccc(Cl)c1CC(C)N. The van der Waals surface area contributed by atoms with Gasteiger partial charge in [-0.05, 0) is 31.2 Å². The normalized spacial score (nSPS) is 12.5. The van der Waals surface area contributed by atoms with E-state index in [9.17, 15) is 0 Å². The molecule has 1 aromatic carbocycles. The van der Waals surface area contributed by atoms with Crippen LogP contribution in [0.4, 0.5) is 0 Å². The quantitative estimate of drug-likeness (QED) is 0.774. The van der Waals surface area contributed by atoms with Gasteiger partial charge in [0.1, 0.15) is 5.75 Å². The molecule has 2 N–H and O–H groups in total. The molecule has 0 aromatic heterocycles. The van der Waals surface area contributed by atoms with Crippen molar-refractivity contribution in [2.45, 2.75) is 26.3 Å². The molecule has 0 saturated carbocycles. The molecule has 0 bridgehead atoms. The van der Waals surface area contributed by atoms with Crippen LogP contribution in [-0.4, -0.2) is 24.2 Å². The number of halogens is 1. The summed E-state index contributed by atoms with van der Waals surface area (Å²) in [5.74, 6) is 2.98. The Kier molecular flexibility index (Phi) is 6.78. The number of hydrogen-bond donors (Lipinski definition) is 1. The van der Waals surface area contributed by atoms with E-state index >= 15 is 0 Å². The summed E-state index contributed by atoms with van der Waals surface area (Å²) < 4.78 is 5.76. The number of benzene rings is 1. The van der Waals surface area contributed by atoms with Crippen molar-refractivity contribution < 1.29 is 4.74 Å². The Balaban J connectivity index is 2.66. The summed E-state index contributed by atoms with van der Waals surface area (Å²) in [4.78, 5) is 0. The van der Waals surface area contributed by atoms with Gasteiger partial charge in [0.15, 0.2) is 0 Å². The molecule has 17 heavy (non-hydrogen) atoms. The van der Waals surface area contributed by atoms with Crippen molar-refractivity contribution in [2.24, 2.45) is 5.73 Å². The predicted octanol–water partition coefficient (Wildman–Crippen LogP) is 3.36. The summed E-state index contributed by atoms with van der Waals surface area (Å²) in [5, 5.41) is 0.739. The lowest BCUT2D eigenvalue weighted by Gasteiger charge is -2.14. The maximum absolute atomic E-state index is 6.17. The van der Waals surface area contributed by atoms with E-state index in [1.165, 1.54) is 0 Å². The third kappa shape index (κ3) is 5.19. The number of rotatable bonds is 7. The Morgan fingerprint density at radius 3 is 2.88 bits per heavy atom. The number of ether oxygens (including phenoxy) is 1. The van der Waals surface area contributed by atoms with Crippen molar-refractivity contribution >= 4 is 23.4 Å². The van der Waals surface area contributed by atoms with Crippen LogP contribution in [0.25, 0.3) is 0 Å². The van der Waals surface area contributed by atoms with Gasteiger partial charge < -0.3 is 10.5 Å². The summed E-state index contributed by atoms with van der Waals surface area (Å²) in [6.45, 7) is 4.83. The highest BCUT2D eigenvalue weighted by molar-refractivity contribution is 7.99.